The molecule has 0 amide bonds. The van der Waals surface area contributed by atoms with Gasteiger partial charge in [-0.05, 0) is 88.0 Å². The molecule has 0 fully saturated rings. The Morgan fingerprint density at radius 2 is 0.625 bits per heavy atom. The number of anilines is 3. The number of nitrogens with zero attached hydrogens (tertiary/aromatic N) is 4. The molecule has 5 heteroatoms. The van der Waals surface area contributed by atoms with Crippen molar-refractivity contribution in [3.63, 3.8) is 0 Å². The molecule has 10 rings (SSSR count). The molecule has 0 aliphatic carbocycles. The van der Waals surface area contributed by atoms with Crippen LogP contribution < -0.4 is 9.64 Å². The van der Waals surface area contributed by atoms with Gasteiger partial charge in [0.1, 0.15) is 0 Å². The molecule has 0 unspecified atom stereocenters. The molecule has 1 aliphatic heterocycles. The number of fused-ring (bicyclic) bond motifs is 2. The van der Waals surface area contributed by atoms with Gasteiger partial charge in [-0.15, -0.1) is 0 Å². The van der Waals surface area contributed by atoms with Gasteiger partial charge in [-0.25, -0.2) is 15.0 Å². The third-order valence-corrected chi connectivity index (χ3v) is 10.1. The fraction of sp³-hybridized carbons (Fsp3) is 0. The SMILES string of the molecule is c1ccc(-c2ccc(-c3nc(-c4ccccc4)nc(-c4cc(-c5ccccc5)cc(-c5ccc(N6c7ccccc7Oc7ccccc76)cc5)c4)n3)cc2)cc1. The average Bonchev–Trinajstić information content (AvgIpc) is 3.29. The van der Waals surface area contributed by atoms with Crippen LogP contribution in [-0.2, 0) is 0 Å². The predicted molar refractivity (Wildman–Crippen MR) is 227 cm³/mol. The van der Waals surface area contributed by atoms with Gasteiger partial charge in [0.25, 0.3) is 0 Å². The first kappa shape index (κ1) is 33.0. The molecule has 264 valence electrons. The summed E-state index contributed by atoms with van der Waals surface area (Å²) in [5, 5.41) is 0. The standard InChI is InChI=1S/C51H34N4O/c1-4-14-35(15-5-1)37-24-26-40(27-25-37)50-52-49(39-18-8-3-9-19-39)53-51(54-50)43-33-41(36-16-6-2-7-17-36)32-42(34-43)38-28-30-44(31-29-38)55-45-20-10-12-22-47(45)56-48-23-13-11-21-46(48)55/h1-34H. The Morgan fingerprint density at radius 3 is 1.16 bits per heavy atom. The molecule has 5 nitrogen and oxygen atoms in total. The van der Waals surface area contributed by atoms with E-state index in [1.54, 1.807) is 0 Å². The lowest BCUT2D eigenvalue weighted by atomic mass is 9.95. The zero-order chi connectivity index (χ0) is 37.3. The van der Waals surface area contributed by atoms with E-state index < -0.39 is 0 Å². The second-order valence-corrected chi connectivity index (χ2v) is 13.7. The van der Waals surface area contributed by atoms with Gasteiger partial charge in [0.05, 0.1) is 11.4 Å². The van der Waals surface area contributed by atoms with Gasteiger partial charge < -0.3 is 9.64 Å². The van der Waals surface area contributed by atoms with Crippen molar-refractivity contribution >= 4 is 17.1 Å². The molecule has 8 aromatic carbocycles. The fourth-order valence-corrected chi connectivity index (χ4v) is 7.30. The van der Waals surface area contributed by atoms with Crippen LogP contribution in [0.2, 0.25) is 0 Å². The summed E-state index contributed by atoms with van der Waals surface area (Å²) in [6, 6.07) is 71.1. The van der Waals surface area contributed by atoms with Crippen molar-refractivity contribution in [3.05, 3.63) is 206 Å². The number of ether oxygens (including phenoxy) is 1. The van der Waals surface area contributed by atoms with Gasteiger partial charge in [-0.1, -0.05) is 152 Å². The second-order valence-electron chi connectivity index (χ2n) is 13.7. The van der Waals surface area contributed by atoms with Crippen LogP contribution in [-0.4, -0.2) is 15.0 Å². The van der Waals surface area contributed by atoms with E-state index in [9.17, 15) is 0 Å². The predicted octanol–water partition coefficient (Wildman–Crippen LogP) is 13.4. The van der Waals surface area contributed by atoms with Crippen LogP contribution in [0, 0.1) is 0 Å². The smallest absolute Gasteiger partial charge is 0.164 e. The minimum atomic E-state index is 0.609. The second kappa shape index (κ2) is 14.3. The van der Waals surface area contributed by atoms with Crippen molar-refractivity contribution < 1.29 is 4.74 Å². The number of para-hydroxylation sites is 4. The largest absolute Gasteiger partial charge is 0.453 e. The van der Waals surface area contributed by atoms with E-state index in [2.05, 4.69) is 132 Å². The third-order valence-electron chi connectivity index (χ3n) is 10.1. The number of hydrogen-bond acceptors (Lipinski definition) is 5. The van der Waals surface area contributed by atoms with E-state index in [1.807, 2.05) is 78.9 Å². The highest BCUT2D eigenvalue weighted by Gasteiger charge is 2.25. The minimum absolute atomic E-state index is 0.609. The van der Waals surface area contributed by atoms with Crippen LogP contribution in [0.15, 0.2) is 206 Å². The lowest BCUT2D eigenvalue weighted by Gasteiger charge is -2.32. The fourth-order valence-electron chi connectivity index (χ4n) is 7.30. The van der Waals surface area contributed by atoms with Gasteiger partial charge in [-0.2, -0.15) is 0 Å². The van der Waals surface area contributed by atoms with Crippen molar-refractivity contribution in [2.45, 2.75) is 0 Å². The van der Waals surface area contributed by atoms with Crippen LogP contribution in [0.4, 0.5) is 17.1 Å². The maximum absolute atomic E-state index is 6.27. The molecule has 0 radical (unpaired) electrons. The number of rotatable bonds is 7. The van der Waals surface area contributed by atoms with Crippen molar-refractivity contribution in [3.8, 4) is 79.0 Å². The minimum Gasteiger partial charge on any atom is -0.453 e. The van der Waals surface area contributed by atoms with Crippen molar-refractivity contribution in [1.29, 1.82) is 0 Å². The van der Waals surface area contributed by atoms with Crippen molar-refractivity contribution in [2.75, 3.05) is 4.90 Å². The van der Waals surface area contributed by atoms with E-state index in [4.69, 9.17) is 19.7 Å². The van der Waals surface area contributed by atoms with Crippen molar-refractivity contribution in [2.24, 2.45) is 0 Å². The molecule has 1 aliphatic rings. The molecule has 0 atom stereocenters. The van der Waals surface area contributed by atoms with Gasteiger partial charge >= 0.3 is 0 Å². The summed E-state index contributed by atoms with van der Waals surface area (Å²) in [6.07, 6.45) is 0. The van der Waals surface area contributed by atoms with E-state index in [0.29, 0.717) is 17.5 Å². The molecule has 2 heterocycles. The van der Waals surface area contributed by atoms with E-state index in [-0.39, 0.29) is 0 Å². The lowest BCUT2D eigenvalue weighted by Crippen LogP contribution is -2.15. The number of hydrogen-bond donors (Lipinski definition) is 0. The monoisotopic (exact) mass is 718 g/mol. The maximum Gasteiger partial charge on any atom is 0.164 e. The highest BCUT2D eigenvalue weighted by atomic mass is 16.5. The maximum atomic E-state index is 6.27. The number of benzene rings is 8. The summed E-state index contributed by atoms with van der Waals surface area (Å²) in [5.41, 5.74) is 12.4. The molecule has 0 saturated carbocycles. The van der Waals surface area contributed by atoms with Gasteiger partial charge in [0, 0.05) is 22.4 Å². The highest BCUT2D eigenvalue weighted by molar-refractivity contribution is 5.87. The summed E-state index contributed by atoms with van der Waals surface area (Å²) in [5.74, 6) is 3.51. The van der Waals surface area contributed by atoms with Gasteiger partial charge in [0.15, 0.2) is 29.0 Å². The summed E-state index contributed by atoms with van der Waals surface area (Å²) >= 11 is 0. The van der Waals surface area contributed by atoms with Crippen LogP contribution in [0.5, 0.6) is 11.5 Å². The molecule has 56 heavy (non-hydrogen) atoms. The van der Waals surface area contributed by atoms with E-state index >= 15 is 0 Å². The van der Waals surface area contributed by atoms with E-state index in [1.165, 1.54) is 5.56 Å². The number of aromatic nitrogens is 3. The molecular weight excluding hydrogens is 685 g/mol. The molecule has 0 N–H and O–H groups in total. The summed E-state index contributed by atoms with van der Waals surface area (Å²) < 4.78 is 6.27. The molecule has 0 bridgehead atoms. The van der Waals surface area contributed by atoms with Crippen LogP contribution in [0.1, 0.15) is 0 Å². The first-order valence-electron chi connectivity index (χ1n) is 18.7. The Kier molecular flexibility index (Phi) is 8.43. The Labute approximate surface area is 325 Å². The van der Waals surface area contributed by atoms with Gasteiger partial charge in [-0.3, -0.25) is 0 Å². The third kappa shape index (κ3) is 6.37. The normalized spacial score (nSPS) is 11.7. The first-order valence-corrected chi connectivity index (χ1v) is 18.7. The van der Waals surface area contributed by atoms with Crippen LogP contribution >= 0.6 is 0 Å². The summed E-state index contributed by atoms with van der Waals surface area (Å²) in [6.45, 7) is 0. The molecule has 9 aromatic rings. The lowest BCUT2D eigenvalue weighted by molar-refractivity contribution is 0.477. The van der Waals surface area contributed by atoms with Crippen LogP contribution in [0.25, 0.3) is 67.5 Å². The Morgan fingerprint density at radius 1 is 0.286 bits per heavy atom. The highest BCUT2D eigenvalue weighted by Crippen LogP contribution is 2.50. The summed E-state index contributed by atoms with van der Waals surface area (Å²) in [4.78, 5) is 17.5. The topological polar surface area (TPSA) is 51.1 Å². The summed E-state index contributed by atoms with van der Waals surface area (Å²) in [7, 11) is 0. The molecule has 0 spiro atoms. The van der Waals surface area contributed by atoms with Crippen molar-refractivity contribution in [1.82, 2.24) is 15.0 Å². The zero-order valence-corrected chi connectivity index (χ0v) is 30.3. The zero-order valence-electron chi connectivity index (χ0n) is 30.3. The van der Waals surface area contributed by atoms with Gasteiger partial charge in [0.2, 0.25) is 0 Å². The Balaban J connectivity index is 1.09. The average molecular weight is 719 g/mol. The molecule has 1 aromatic heterocycles. The Hall–Kier alpha value is -7.63. The Bertz CT molecular complexity index is 2760. The quantitative estimate of drug-likeness (QED) is 0.164. The van der Waals surface area contributed by atoms with Crippen LogP contribution in [0.3, 0.4) is 0 Å². The first-order chi connectivity index (χ1) is 27.7. The molecular formula is C51H34N4O. The molecule has 0 saturated heterocycles. The van der Waals surface area contributed by atoms with E-state index in [0.717, 1.165) is 73.1 Å².